The van der Waals surface area contributed by atoms with Crippen molar-refractivity contribution in [3.63, 3.8) is 0 Å². The Bertz CT molecular complexity index is 2960. The highest BCUT2D eigenvalue weighted by Gasteiger charge is 2.37. The Hall–Kier alpha value is -6.98. The molecule has 0 fully saturated rings. The number of fused-ring (bicyclic) bond motifs is 2. The van der Waals surface area contributed by atoms with Gasteiger partial charge in [0.25, 0.3) is 0 Å². The summed E-state index contributed by atoms with van der Waals surface area (Å²) in [7, 11) is 1.63. The third kappa shape index (κ3) is 20.8. The lowest BCUT2D eigenvalue weighted by Gasteiger charge is -2.21. The van der Waals surface area contributed by atoms with Crippen LogP contribution in [0.4, 0.5) is 26.3 Å². The molecule has 2 aromatic heterocycles. The number of hydrogen-bond donors (Lipinski definition) is 0. The topological polar surface area (TPSA) is 82.6 Å². The smallest absolute Gasteiger partial charge is 0.416 e. The number of alkyl halides is 6. The van der Waals surface area contributed by atoms with Crippen LogP contribution in [0.2, 0.25) is 0 Å². The van der Waals surface area contributed by atoms with E-state index in [1.54, 1.807) is 29.9 Å². The minimum absolute atomic E-state index is 0.0205. The SMILES string of the molecule is CC(C)c1cc(C(F)(F)F)cc(C(F)(F)F)c1.CC(C)c1ccc2ncccc2c1.CC(C)c1cccc2c1CCCC2.CC(C)c1ccccc1C#N.COc1cc(C#N)ccc1C(C)C.Cc1ccc(C(C)C)cn1. The monoisotopic (exact) mass is 1060 g/mol. The second-order valence-corrected chi connectivity index (χ2v) is 20.9. The van der Waals surface area contributed by atoms with Gasteiger partial charge < -0.3 is 4.74 Å². The van der Waals surface area contributed by atoms with Gasteiger partial charge in [-0.1, -0.05) is 144 Å². The van der Waals surface area contributed by atoms with E-state index in [2.05, 4.69) is 146 Å². The van der Waals surface area contributed by atoms with Crippen LogP contribution in [0.15, 0.2) is 134 Å². The molecule has 0 unspecified atom stereocenters. The lowest BCUT2D eigenvalue weighted by Crippen LogP contribution is -2.12. The Morgan fingerprint density at radius 2 is 1.08 bits per heavy atom. The molecule has 0 aliphatic heterocycles. The molecule has 1 aliphatic carbocycles. The van der Waals surface area contributed by atoms with Gasteiger partial charge in [-0.25, -0.2) is 0 Å². The number of rotatable bonds is 7. The van der Waals surface area contributed by atoms with Crippen molar-refractivity contribution in [1.29, 1.82) is 10.5 Å². The van der Waals surface area contributed by atoms with Crippen LogP contribution < -0.4 is 4.74 Å². The van der Waals surface area contributed by atoms with Gasteiger partial charge in [0.1, 0.15) is 5.75 Å². The summed E-state index contributed by atoms with van der Waals surface area (Å²) in [5.74, 6) is 3.12. The largest absolute Gasteiger partial charge is 0.496 e. The lowest BCUT2D eigenvalue weighted by molar-refractivity contribution is -0.143. The molecule has 77 heavy (non-hydrogen) atoms. The molecule has 0 saturated carbocycles. The van der Waals surface area contributed by atoms with Crippen molar-refractivity contribution < 1.29 is 31.1 Å². The van der Waals surface area contributed by atoms with Gasteiger partial charge in [-0.2, -0.15) is 36.9 Å². The normalized spacial score (nSPS) is 11.8. The average molecular weight is 1060 g/mol. The van der Waals surface area contributed by atoms with E-state index in [9.17, 15) is 26.3 Å². The first-order valence-corrected chi connectivity index (χ1v) is 26.5. The summed E-state index contributed by atoms with van der Waals surface area (Å²) < 4.78 is 79.8. The highest BCUT2D eigenvalue weighted by molar-refractivity contribution is 5.79. The number of benzene rings is 5. The summed E-state index contributed by atoms with van der Waals surface area (Å²) in [5, 5.41) is 18.6. The second kappa shape index (κ2) is 30.7. The quantitative estimate of drug-likeness (QED) is 0.149. The number of hydrogen-bond acceptors (Lipinski definition) is 5. The molecule has 11 heteroatoms. The van der Waals surface area contributed by atoms with Crippen molar-refractivity contribution in [3.05, 3.63) is 206 Å². The number of pyridine rings is 2. The molecule has 7 aromatic rings. The molecule has 1 aliphatic rings. The van der Waals surface area contributed by atoms with Crippen molar-refractivity contribution in [2.24, 2.45) is 0 Å². The molecule has 5 aromatic carbocycles. The molecular formula is C66H78F6N4O. The van der Waals surface area contributed by atoms with Crippen molar-refractivity contribution in [3.8, 4) is 17.9 Å². The third-order valence-corrected chi connectivity index (χ3v) is 12.9. The van der Waals surface area contributed by atoms with E-state index in [1.807, 2.05) is 61.8 Å². The fourth-order valence-electron chi connectivity index (χ4n) is 8.30. The molecule has 410 valence electrons. The summed E-state index contributed by atoms with van der Waals surface area (Å²) in [6, 6.07) is 40.7. The van der Waals surface area contributed by atoms with Crippen LogP contribution in [-0.2, 0) is 25.2 Å². The summed E-state index contributed by atoms with van der Waals surface area (Å²) in [5.41, 5.74) is 10.9. The van der Waals surface area contributed by atoms with Crippen LogP contribution in [0.25, 0.3) is 10.9 Å². The zero-order valence-electron chi connectivity index (χ0n) is 47.5. The molecule has 0 atom stereocenters. The van der Waals surface area contributed by atoms with Crippen LogP contribution in [0.1, 0.15) is 204 Å². The summed E-state index contributed by atoms with van der Waals surface area (Å²) >= 11 is 0. The molecule has 0 amide bonds. The Morgan fingerprint density at radius 1 is 0.506 bits per heavy atom. The predicted molar refractivity (Wildman–Crippen MR) is 304 cm³/mol. The van der Waals surface area contributed by atoms with Gasteiger partial charge in [-0.15, -0.1) is 0 Å². The second-order valence-electron chi connectivity index (χ2n) is 20.9. The fraction of sp³-hybridized carbons (Fsp3) is 0.394. The predicted octanol–water partition coefficient (Wildman–Crippen LogP) is 19.8. The fourth-order valence-corrected chi connectivity index (χ4v) is 8.30. The summed E-state index contributed by atoms with van der Waals surface area (Å²) in [6.07, 6.45) is -0.391. The summed E-state index contributed by atoms with van der Waals surface area (Å²) in [4.78, 5) is 8.48. The summed E-state index contributed by atoms with van der Waals surface area (Å²) in [6.45, 7) is 26.8. The minimum Gasteiger partial charge on any atom is -0.496 e. The van der Waals surface area contributed by atoms with Gasteiger partial charge >= 0.3 is 12.4 Å². The number of nitrogens with zero attached hydrogens (tertiary/aromatic N) is 4. The molecule has 0 spiro atoms. The van der Waals surface area contributed by atoms with Gasteiger partial charge in [-0.05, 0) is 173 Å². The van der Waals surface area contributed by atoms with Crippen LogP contribution in [0.5, 0.6) is 5.75 Å². The first-order valence-electron chi connectivity index (χ1n) is 26.5. The molecular weight excluding hydrogens is 979 g/mol. The van der Waals surface area contributed by atoms with Crippen molar-refractivity contribution in [2.45, 2.75) is 164 Å². The highest BCUT2D eigenvalue weighted by Crippen LogP contribution is 2.38. The molecule has 0 bridgehead atoms. The van der Waals surface area contributed by atoms with Gasteiger partial charge in [0.2, 0.25) is 0 Å². The van der Waals surface area contributed by atoms with E-state index < -0.39 is 29.4 Å². The Labute approximate surface area is 455 Å². The van der Waals surface area contributed by atoms with Gasteiger partial charge in [0.05, 0.1) is 47.0 Å². The standard InChI is InChI=1S/C13H18.C12H13N.C11H10F6.C11H13NO.C10H11N.C9H13N/c1-10(2)12-9-5-7-11-6-3-4-8-13(11)12;1-9(2)10-5-6-12-11(8-10)4-3-7-13-12;1-6(2)7-3-8(10(12,13)14)5-9(4-7)11(15,16)17;1-8(2)10-5-4-9(7-12)6-11(10)13-3;1-8(2)10-6-4-3-5-9(10)7-11;1-7(2)9-5-4-8(3)10-6-9/h5,7,9-10H,3-4,6,8H2,1-2H3;3-9H,1-2H3;3-6H,1-2H3;4-6,8H,1-3H3;3-6,8H,1-2H3;4-7H,1-3H3. The van der Waals surface area contributed by atoms with E-state index >= 15 is 0 Å². The number of nitriles is 2. The van der Waals surface area contributed by atoms with Crippen LogP contribution in [0.3, 0.4) is 0 Å². The maximum atomic E-state index is 12.4. The van der Waals surface area contributed by atoms with E-state index in [-0.39, 0.29) is 11.6 Å². The lowest BCUT2D eigenvalue weighted by atomic mass is 9.85. The van der Waals surface area contributed by atoms with E-state index in [0.29, 0.717) is 35.2 Å². The van der Waals surface area contributed by atoms with Crippen LogP contribution >= 0.6 is 0 Å². The zero-order valence-corrected chi connectivity index (χ0v) is 47.5. The number of halogens is 6. The first-order chi connectivity index (χ1) is 36.2. The van der Waals surface area contributed by atoms with Crippen LogP contribution in [-0.4, -0.2) is 17.1 Å². The van der Waals surface area contributed by atoms with Gasteiger partial charge in [0, 0.05) is 23.5 Å². The maximum absolute atomic E-state index is 12.4. The first kappa shape index (κ1) is 64.3. The Kier molecular flexibility index (Phi) is 25.6. The number of ether oxygens (including phenoxy) is 1. The molecule has 2 heterocycles. The Balaban J connectivity index is 0.000000245. The average Bonchev–Trinajstić information content (AvgIpc) is 3.40. The zero-order chi connectivity index (χ0) is 57.6. The van der Waals surface area contributed by atoms with E-state index in [4.69, 9.17) is 15.3 Å². The van der Waals surface area contributed by atoms with Crippen LogP contribution in [0, 0.1) is 29.6 Å². The van der Waals surface area contributed by atoms with Crippen molar-refractivity contribution >= 4 is 10.9 Å². The molecule has 0 saturated heterocycles. The van der Waals surface area contributed by atoms with Gasteiger partial charge in [0.15, 0.2) is 0 Å². The number of aryl methyl sites for hydroxylation is 2. The number of methoxy groups -OCH3 is 1. The van der Waals surface area contributed by atoms with E-state index in [0.717, 1.165) is 45.8 Å². The molecule has 0 N–H and O–H groups in total. The third-order valence-electron chi connectivity index (χ3n) is 12.9. The van der Waals surface area contributed by atoms with Gasteiger partial charge in [-0.3, -0.25) is 9.97 Å². The van der Waals surface area contributed by atoms with Crippen molar-refractivity contribution in [2.75, 3.05) is 7.11 Å². The number of aromatic nitrogens is 2. The Morgan fingerprint density at radius 3 is 1.58 bits per heavy atom. The molecule has 5 nitrogen and oxygen atoms in total. The van der Waals surface area contributed by atoms with E-state index in [1.165, 1.54) is 56.0 Å². The van der Waals surface area contributed by atoms with Crippen molar-refractivity contribution in [1.82, 2.24) is 9.97 Å². The molecule has 0 radical (unpaired) electrons. The minimum atomic E-state index is -4.77. The maximum Gasteiger partial charge on any atom is 0.416 e. The molecule has 8 rings (SSSR count). The highest BCUT2D eigenvalue weighted by atomic mass is 19.4.